The van der Waals surface area contributed by atoms with Crippen LogP contribution in [-0.2, 0) is 6.54 Å². The van der Waals surface area contributed by atoms with Gasteiger partial charge in [0.1, 0.15) is 23.1 Å². The van der Waals surface area contributed by atoms with Gasteiger partial charge in [-0.25, -0.2) is 19.6 Å². The molecule has 1 amide bonds. The molecule has 0 aliphatic rings. The van der Waals surface area contributed by atoms with Gasteiger partial charge < -0.3 is 10.7 Å². The highest BCUT2D eigenvalue weighted by molar-refractivity contribution is 6.33. The van der Waals surface area contributed by atoms with E-state index >= 15 is 0 Å². The summed E-state index contributed by atoms with van der Waals surface area (Å²) in [5, 5.41) is 2.53. The number of hydrogen-bond acceptors (Lipinski definition) is 4. The second-order valence-corrected chi connectivity index (χ2v) is 4.50. The minimum absolute atomic E-state index is 0.0209. The zero-order valence-electron chi connectivity index (χ0n) is 10.7. The predicted octanol–water partition coefficient (Wildman–Crippen LogP) is 2.23. The molecule has 1 heterocycles. The van der Waals surface area contributed by atoms with Crippen LogP contribution in [0.1, 0.15) is 16.1 Å². The Hall–Kier alpha value is -2.25. The summed E-state index contributed by atoms with van der Waals surface area (Å²) < 4.78 is 26.5. The van der Waals surface area contributed by atoms with E-state index in [0.717, 1.165) is 18.2 Å². The number of nitrogen functional groups attached to an aromatic ring is 1. The minimum Gasteiger partial charge on any atom is -0.346 e. The van der Waals surface area contributed by atoms with Crippen molar-refractivity contribution in [3.8, 4) is 0 Å². The quantitative estimate of drug-likeness (QED) is 0.597. The van der Waals surface area contributed by atoms with Gasteiger partial charge in [-0.05, 0) is 30.3 Å². The van der Waals surface area contributed by atoms with Crippen LogP contribution in [-0.4, -0.2) is 10.9 Å². The van der Waals surface area contributed by atoms with Crippen LogP contribution in [0.15, 0.2) is 30.3 Å². The molecule has 2 aromatic rings. The van der Waals surface area contributed by atoms with E-state index in [1.54, 1.807) is 0 Å². The normalized spacial score (nSPS) is 10.3. The number of pyridine rings is 1. The number of aromatic nitrogens is 1. The highest BCUT2D eigenvalue weighted by atomic mass is 35.5. The highest BCUT2D eigenvalue weighted by Gasteiger charge is 2.14. The molecule has 0 saturated heterocycles. The van der Waals surface area contributed by atoms with Crippen molar-refractivity contribution in [3.63, 3.8) is 0 Å². The first kappa shape index (κ1) is 15.1. The highest BCUT2D eigenvalue weighted by Crippen LogP contribution is 2.16. The fraction of sp³-hybridized carbons (Fsp3) is 0.0769. The van der Waals surface area contributed by atoms with Gasteiger partial charge in [-0.15, -0.1) is 0 Å². The molecule has 0 saturated carbocycles. The van der Waals surface area contributed by atoms with Crippen LogP contribution in [0.5, 0.6) is 0 Å². The maximum Gasteiger partial charge on any atom is 0.271 e. The van der Waals surface area contributed by atoms with Crippen LogP contribution in [0, 0.1) is 11.6 Å². The number of halogens is 3. The summed E-state index contributed by atoms with van der Waals surface area (Å²) in [6.07, 6.45) is 0. The van der Waals surface area contributed by atoms with E-state index in [0.29, 0.717) is 0 Å². The first-order valence-corrected chi connectivity index (χ1v) is 6.24. The number of carbonyl (C=O) groups excluding carboxylic acids is 1. The molecule has 110 valence electrons. The lowest BCUT2D eigenvalue weighted by molar-refractivity contribution is 0.0946. The van der Waals surface area contributed by atoms with E-state index in [2.05, 4.69) is 15.7 Å². The molecule has 8 heteroatoms. The van der Waals surface area contributed by atoms with E-state index in [4.69, 9.17) is 17.4 Å². The molecule has 21 heavy (non-hydrogen) atoms. The molecule has 0 aliphatic carbocycles. The summed E-state index contributed by atoms with van der Waals surface area (Å²) >= 11 is 5.86. The lowest BCUT2D eigenvalue weighted by Gasteiger charge is -2.08. The largest absolute Gasteiger partial charge is 0.346 e. The Morgan fingerprint density at radius 1 is 1.29 bits per heavy atom. The number of carbonyl (C=O) groups is 1. The Bertz CT molecular complexity index is 681. The summed E-state index contributed by atoms with van der Waals surface area (Å²) in [4.78, 5) is 15.9. The van der Waals surface area contributed by atoms with Crippen molar-refractivity contribution in [2.75, 3.05) is 5.43 Å². The zero-order valence-corrected chi connectivity index (χ0v) is 11.4. The third-order valence-electron chi connectivity index (χ3n) is 2.66. The van der Waals surface area contributed by atoms with E-state index in [9.17, 15) is 13.6 Å². The van der Waals surface area contributed by atoms with Crippen molar-refractivity contribution in [3.05, 3.63) is 58.2 Å². The third-order valence-corrected chi connectivity index (χ3v) is 2.96. The van der Waals surface area contributed by atoms with Crippen LogP contribution in [0.2, 0.25) is 5.02 Å². The Morgan fingerprint density at radius 2 is 2.05 bits per heavy atom. The average molecular weight is 313 g/mol. The van der Waals surface area contributed by atoms with Crippen LogP contribution >= 0.6 is 11.6 Å². The number of benzene rings is 1. The Kier molecular flexibility index (Phi) is 4.66. The van der Waals surface area contributed by atoms with E-state index in [1.807, 2.05) is 0 Å². The van der Waals surface area contributed by atoms with Crippen molar-refractivity contribution in [2.45, 2.75) is 6.54 Å². The van der Waals surface area contributed by atoms with Gasteiger partial charge in [0.05, 0.1) is 5.02 Å². The lowest BCUT2D eigenvalue weighted by Crippen LogP contribution is -2.25. The van der Waals surface area contributed by atoms with Crippen LogP contribution in [0.3, 0.4) is 0 Å². The van der Waals surface area contributed by atoms with Crippen molar-refractivity contribution < 1.29 is 13.6 Å². The van der Waals surface area contributed by atoms with Crippen molar-refractivity contribution >= 4 is 23.3 Å². The Labute approximate surface area is 124 Å². The smallest absolute Gasteiger partial charge is 0.271 e. The molecule has 0 unspecified atom stereocenters. The van der Waals surface area contributed by atoms with E-state index in [1.165, 1.54) is 12.1 Å². The molecule has 1 aromatic carbocycles. The van der Waals surface area contributed by atoms with Crippen LogP contribution in [0.4, 0.5) is 14.6 Å². The Balaban J connectivity index is 2.13. The SMILES string of the molecule is NNc1ccc(Cl)c(C(=O)NCc2cc(F)ccc2F)n1. The molecule has 0 aliphatic heterocycles. The molecule has 0 bridgehead atoms. The average Bonchev–Trinajstić information content (AvgIpc) is 2.48. The van der Waals surface area contributed by atoms with Gasteiger partial charge in [0.2, 0.25) is 0 Å². The maximum atomic E-state index is 13.4. The van der Waals surface area contributed by atoms with Gasteiger partial charge in [-0.1, -0.05) is 11.6 Å². The van der Waals surface area contributed by atoms with E-state index in [-0.39, 0.29) is 28.6 Å². The fourth-order valence-corrected chi connectivity index (χ4v) is 1.81. The summed E-state index contributed by atoms with van der Waals surface area (Å²) in [5.74, 6) is 3.61. The second kappa shape index (κ2) is 6.47. The fourth-order valence-electron chi connectivity index (χ4n) is 1.62. The molecule has 1 aromatic heterocycles. The van der Waals surface area contributed by atoms with Gasteiger partial charge in [-0.3, -0.25) is 4.79 Å². The second-order valence-electron chi connectivity index (χ2n) is 4.09. The first-order valence-electron chi connectivity index (χ1n) is 5.86. The van der Waals surface area contributed by atoms with Gasteiger partial charge >= 0.3 is 0 Å². The number of hydrazine groups is 1. The van der Waals surface area contributed by atoms with Gasteiger partial charge in [0.15, 0.2) is 0 Å². The van der Waals surface area contributed by atoms with E-state index < -0.39 is 17.5 Å². The number of hydrogen-bond donors (Lipinski definition) is 3. The molecule has 0 spiro atoms. The summed E-state index contributed by atoms with van der Waals surface area (Å²) in [5.41, 5.74) is 2.24. The minimum atomic E-state index is -0.624. The number of nitrogens with two attached hydrogens (primary N) is 1. The number of amides is 1. The number of nitrogens with one attached hydrogen (secondary N) is 2. The predicted molar refractivity (Wildman–Crippen MR) is 74.6 cm³/mol. The van der Waals surface area contributed by atoms with Crippen LogP contribution in [0.25, 0.3) is 0 Å². The number of anilines is 1. The topological polar surface area (TPSA) is 80.0 Å². The lowest BCUT2D eigenvalue weighted by atomic mass is 10.2. The molecule has 5 nitrogen and oxygen atoms in total. The third kappa shape index (κ3) is 3.65. The number of rotatable bonds is 4. The van der Waals surface area contributed by atoms with Gasteiger partial charge in [0, 0.05) is 12.1 Å². The summed E-state index contributed by atoms with van der Waals surface area (Å²) in [7, 11) is 0. The molecular weight excluding hydrogens is 302 g/mol. The van der Waals surface area contributed by atoms with Crippen molar-refractivity contribution in [1.29, 1.82) is 0 Å². The molecule has 0 atom stereocenters. The van der Waals surface area contributed by atoms with Crippen LogP contribution < -0.4 is 16.6 Å². The summed E-state index contributed by atoms with van der Waals surface area (Å²) in [6, 6.07) is 5.92. The zero-order chi connectivity index (χ0) is 15.4. The molecule has 0 radical (unpaired) electrons. The summed E-state index contributed by atoms with van der Waals surface area (Å²) in [6.45, 7) is -0.194. The van der Waals surface area contributed by atoms with Crippen molar-refractivity contribution in [1.82, 2.24) is 10.3 Å². The Morgan fingerprint density at radius 3 is 2.76 bits per heavy atom. The van der Waals surface area contributed by atoms with Gasteiger partial charge in [0.25, 0.3) is 5.91 Å². The standard InChI is InChI=1S/C13H11ClF2N4O/c14-9-2-4-11(20-17)19-12(9)13(21)18-6-7-5-8(15)1-3-10(7)16/h1-5H,6,17H2,(H,18,21)(H,19,20). The van der Waals surface area contributed by atoms with Gasteiger partial charge in [-0.2, -0.15) is 0 Å². The molecule has 4 N–H and O–H groups in total. The maximum absolute atomic E-state index is 13.4. The number of nitrogens with zero attached hydrogens (tertiary/aromatic N) is 1. The first-order chi connectivity index (χ1) is 10.0. The monoisotopic (exact) mass is 312 g/mol. The molecule has 0 fully saturated rings. The molecular formula is C13H11ClF2N4O. The van der Waals surface area contributed by atoms with Crippen molar-refractivity contribution in [2.24, 2.45) is 5.84 Å². The molecule has 2 rings (SSSR count).